The van der Waals surface area contributed by atoms with Gasteiger partial charge in [0.15, 0.2) is 12.2 Å². The average molecular weight is 615 g/mol. The van der Waals surface area contributed by atoms with Gasteiger partial charge in [0.1, 0.15) is 0 Å². The minimum atomic E-state index is -0.694. The van der Waals surface area contributed by atoms with E-state index in [2.05, 4.69) is 79.7 Å². The average Bonchev–Trinajstić information content (AvgIpc) is 3.04. The van der Waals surface area contributed by atoms with Gasteiger partial charge in [-0.2, -0.15) is 0 Å². The number of hydrogen-bond donors (Lipinski definition) is 0. The third-order valence-corrected chi connectivity index (χ3v) is 9.89. The molecule has 4 heteroatoms. The maximum absolute atomic E-state index is 13.8. The first-order chi connectivity index (χ1) is 22.0. The summed E-state index contributed by atoms with van der Waals surface area (Å²) in [6, 6.07) is 27.7. The van der Waals surface area contributed by atoms with Crippen LogP contribution in [0, 0.1) is 0 Å². The maximum atomic E-state index is 13.8. The van der Waals surface area contributed by atoms with Gasteiger partial charge in [-0.25, -0.2) is 9.59 Å². The first kappa shape index (κ1) is 31.8. The normalized spacial score (nSPS) is 19.8. The van der Waals surface area contributed by atoms with Gasteiger partial charge in [0.05, 0.1) is 23.0 Å². The highest BCUT2D eigenvalue weighted by atomic mass is 16.6. The summed E-state index contributed by atoms with van der Waals surface area (Å²) in [7, 11) is 0. The molecule has 4 aromatic carbocycles. The molecular weight excluding hydrogens is 568 g/mol. The lowest BCUT2D eigenvalue weighted by molar-refractivity contribution is -0.0558. The Balaban J connectivity index is 1.61. The predicted octanol–water partition coefficient (Wildman–Crippen LogP) is 10.2. The number of esters is 2. The van der Waals surface area contributed by atoms with E-state index in [0.717, 1.165) is 0 Å². The van der Waals surface area contributed by atoms with E-state index >= 15 is 0 Å². The molecular formula is C42H46O4. The van der Waals surface area contributed by atoms with E-state index in [9.17, 15) is 9.59 Å². The van der Waals surface area contributed by atoms with E-state index in [1.165, 1.54) is 44.5 Å². The largest absolute Gasteiger partial charge is 0.454 e. The van der Waals surface area contributed by atoms with Crippen molar-refractivity contribution in [3.63, 3.8) is 0 Å². The molecule has 4 nitrogen and oxygen atoms in total. The van der Waals surface area contributed by atoms with E-state index in [1.807, 2.05) is 36.4 Å². The summed E-state index contributed by atoms with van der Waals surface area (Å²) < 4.78 is 13.0. The van der Waals surface area contributed by atoms with E-state index in [4.69, 9.17) is 9.47 Å². The van der Waals surface area contributed by atoms with Crippen LogP contribution in [0.3, 0.4) is 0 Å². The lowest BCUT2D eigenvalue weighted by Gasteiger charge is -2.50. The van der Waals surface area contributed by atoms with Gasteiger partial charge in [-0.15, -0.1) is 0 Å². The second-order valence-electron chi connectivity index (χ2n) is 14.3. The van der Waals surface area contributed by atoms with E-state index in [-0.39, 0.29) is 11.8 Å². The zero-order valence-electron chi connectivity index (χ0n) is 28.3. The summed E-state index contributed by atoms with van der Waals surface area (Å²) in [5.41, 5.74) is 10.9. The van der Waals surface area contributed by atoms with Gasteiger partial charge in [-0.1, -0.05) is 116 Å². The number of fused-ring (bicyclic) bond motifs is 1. The molecule has 0 aliphatic heterocycles. The third-order valence-electron chi connectivity index (χ3n) is 9.89. The summed E-state index contributed by atoms with van der Waals surface area (Å²) >= 11 is 0. The van der Waals surface area contributed by atoms with Crippen molar-refractivity contribution < 1.29 is 19.1 Å². The Morgan fingerprint density at radius 1 is 0.457 bits per heavy atom. The molecule has 238 valence electrons. The minimum Gasteiger partial charge on any atom is -0.454 e. The van der Waals surface area contributed by atoms with Crippen molar-refractivity contribution in [3.05, 3.63) is 141 Å². The van der Waals surface area contributed by atoms with Crippen LogP contribution in [-0.4, -0.2) is 24.1 Å². The number of hydrogen-bond acceptors (Lipinski definition) is 4. The molecule has 0 fully saturated rings. The molecule has 3 aliphatic rings. The van der Waals surface area contributed by atoms with E-state index in [0.29, 0.717) is 34.8 Å². The fourth-order valence-corrected chi connectivity index (χ4v) is 7.64. The van der Waals surface area contributed by atoms with Crippen LogP contribution in [0.25, 0.3) is 0 Å². The van der Waals surface area contributed by atoms with Crippen molar-refractivity contribution in [3.8, 4) is 0 Å². The van der Waals surface area contributed by atoms with Gasteiger partial charge >= 0.3 is 11.9 Å². The summed E-state index contributed by atoms with van der Waals surface area (Å²) in [5.74, 6) is -0.0744. The van der Waals surface area contributed by atoms with Crippen LogP contribution < -0.4 is 0 Å². The van der Waals surface area contributed by atoms with Gasteiger partial charge in [-0.3, -0.25) is 0 Å². The number of carbonyl (C=O) groups excluding carboxylic acids is 2. The molecule has 2 atom stereocenters. The highest BCUT2D eigenvalue weighted by Crippen LogP contribution is 2.57. The molecule has 0 saturated heterocycles. The molecule has 7 rings (SSSR count). The molecule has 0 saturated carbocycles. The van der Waals surface area contributed by atoms with Gasteiger partial charge in [0, 0.05) is 0 Å². The zero-order chi connectivity index (χ0) is 32.9. The minimum absolute atomic E-state index is 0.284. The highest BCUT2D eigenvalue weighted by Gasteiger charge is 2.54. The standard InChI is InChI=1S/C42H46O4/c1-23(2)29-19-33-34(20-30(29)24(3)4)38-36-22-32(26(7)8)31(25(5)6)21-35(36)37(33)39(45-41(43)27-15-11-9-12-16-27)40(38)46-42(44)28-17-13-10-14-18-28/h9-26,37-40H,1-8H3. The topological polar surface area (TPSA) is 52.6 Å². The summed E-state index contributed by atoms with van der Waals surface area (Å²) in [4.78, 5) is 27.6. The third kappa shape index (κ3) is 5.57. The Labute approximate surface area is 274 Å². The molecule has 0 heterocycles. The SMILES string of the molecule is CC(C)c1cc2c(cc1C(C)C)C1c3cc(C(C)C)c(C(C)C)cc3C2C(OC(=O)c2ccccc2)C1OC(=O)c1ccccc1. The lowest BCUT2D eigenvalue weighted by atomic mass is 9.59. The highest BCUT2D eigenvalue weighted by molar-refractivity contribution is 5.91. The quantitative estimate of drug-likeness (QED) is 0.185. The second kappa shape index (κ2) is 12.5. The Morgan fingerprint density at radius 2 is 0.717 bits per heavy atom. The number of rotatable bonds is 8. The Bertz CT molecular complexity index is 1550. The van der Waals surface area contributed by atoms with Crippen molar-refractivity contribution in [2.75, 3.05) is 0 Å². The molecule has 4 aromatic rings. The van der Waals surface area contributed by atoms with Crippen LogP contribution in [0.2, 0.25) is 0 Å². The molecule has 0 aromatic heterocycles. The van der Waals surface area contributed by atoms with Crippen LogP contribution >= 0.6 is 0 Å². The lowest BCUT2D eigenvalue weighted by Crippen LogP contribution is -2.51. The molecule has 2 bridgehead atoms. The first-order valence-corrected chi connectivity index (χ1v) is 16.8. The van der Waals surface area contributed by atoms with Gasteiger partial charge < -0.3 is 9.47 Å². The molecule has 46 heavy (non-hydrogen) atoms. The van der Waals surface area contributed by atoms with Crippen molar-refractivity contribution >= 4 is 11.9 Å². The van der Waals surface area contributed by atoms with Crippen molar-refractivity contribution in [2.24, 2.45) is 0 Å². The molecule has 0 amide bonds. The second-order valence-corrected chi connectivity index (χ2v) is 14.3. The summed E-state index contributed by atoms with van der Waals surface area (Å²) in [6.45, 7) is 17.9. The van der Waals surface area contributed by atoms with Gasteiger partial charge in [-0.05, 0) is 92.4 Å². The number of carbonyl (C=O) groups is 2. The maximum Gasteiger partial charge on any atom is 0.338 e. The molecule has 3 aliphatic carbocycles. The molecule has 0 N–H and O–H groups in total. The molecule has 0 spiro atoms. The molecule has 2 unspecified atom stereocenters. The van der Waals surface area contributed by atoms with Gasteiger partial charge in [0.25, 0.3) is 0 Å². The van der Waals surface area contributed by atoms with E-state index in [1.54, 1.807) is 24.3 Å². The molecule has 0 radical (unpaired) electrons. The van der Waals surface area contributed by atoms with Crippen LogP contribution in [0.4, 0.5) is 0 Å². The Kier molecular flexibility index (Phi) is 8.67. The van der Waals surface area contributed by atoms with Crippen molar-refractivity contribution in [2.45, 2.75) is 103 Å². The Morgan fingerprint density at radius 3 is 0.957 bits per heavy atom. The number of benzene rings is 4. The van der Waals surface area contributed by atoms with Crippen LogP contribution in [-0.2, 0) is 9.47 Å². The van der Waals surface area contributed by atoms with Crippen molar-refractivity contribution in [1.29, 1.82) is 0 Å². The smallest absolute Gasteiger partial charge is 0.338 e. The fourth-order valence-electron chi connectivity index (χ4n) is 7.64. The fraction of sp³-hybridized carbons (Fsp3) is 0.381. The van der Waals surface area contributed by atoms with Gasteiger partial charge in [0.2, 0.25) is 0 Å². The first-order valence-electron chi connectivity index (χ1n) is 16.8. The van der Waals surface area contributed by atoms with Crippen molar-refractivity contribution in [1.82, 2.24) is 0 Å². The zero-order valence-corrected chi connectivity index (χ0v) is 28.3. The van der Waals surface area contributed by atoms with E-state index < -0.39 is 24.1 Å². The van der Waals surface area contributed by atoms with Crippen LogP contribution in [0.15, 0.2) is 84.9 Å². The summed E-state index contributed by atoms with van der Waals surface area (Å²) in [5, 5.41) is 0. The number of ether oxygens (including phenoxy) is 2. The van der Waals surface area contributed by atoms with Crippen LogP contribution in [0.5, 0.6) is 0 Å². The van der Waals surface area contributed by atoms with Crippen LogP contribution in [0.1, 0.15) is 156 Å². The predicted molar refractivity (Wildman–Crippen MR) is 184 cm³/mol. The Hall–Kier alpha value is -4.18. The summed E-state index contributed by atoms with van der Waals surface area (Å²) in [6.07, 6.45) is -1.39. The monoisotopic (exact) mass is 614 g/mol.